The fourth-order valence-corrected chi connectivity index (χ4v) is 1.57. The quantitative estimate of drug-likeness (QED) is 0.526. The molecule has 1 aliphatic heterocycles. The SMILES string of the molecule is O=S(=O)(Cl)C1=NC=CCC1. The van der Waals surface area contributed by atoms with E-state index < -0.39 is 9.05 Å². The van der Waals surface area contributed by atoms with Crippen LogP contribution in [-0.2, 0) is 9.05 Å². The molecule has 3 nitrogen and oxygen atoms in total. The van der Waals surface area contributed by atoms with E-state index >= 15 is 0 Å². The number of aliphatic imine (C=N–C) groups is 1. The van der Waals surface area contributed by atoms with Crippen LogP contribution in [0.3, 0.4) is 0 Å². The van der Waals surface area contributed by atoms with Gasteiger partial charge in [-0.15, -0.1) is 0 Å². The van der Waals surface area contributed by atoms with Crippen molar-refractivity contribution in [1.29, 1.82) is 0 Å². The van der Waals surface area contributed by atoms with Crippen molar-refractivity contribution in [2.75, 3.05) is 0 Å². The smallest absolute Gasteiger partial charge is 0.248 e. The van der Waals surface area contributed by atoms with Crippen molar-refractivity contribution < 1.29 is 8.42 Å². The second-order valence-electron chi connectivity index (χ2n) is 1.88. The second-order valence-corrected chi connectivity index (χ2v) is 4.45. The molecule has 0 N–H and O–H groups in total. The van der Waals surface area contributed by atoms with E-state index in [2.05, 4.69) is 4.99 Å². The molecule has 0 unspecified atom stereocenters. The van der Waals surface area contributed by atoms with E-state index in [9.17, 15) is 8.42 Å². The lowest BCUT2D eigenvalue weighted by molar-refractivity contribution is 0.618. The molecule has 0 atom stereocenters. The predicted octanol–water partition coefficient (Wildman–Crippen LogP) is 1.26. The zero-order valence-corrected chi connectivity index (χ0v) is 6.69. The Kier molecular flexibility index (Phi) is 2.11. The fourth-order valence-electron chi connectivity index (χ4n) is 0.667. The largest absolute Gasteiger partial charge is 0.274 e. The highest BCUT2D eigenvalue weighted by Crippen LogP contribution is 2.11. The molecule has 0 amide bonds. The lowest BCUT2D eigenvalue weighted by Crippen LogP contribution is -2.08. The van der Waals surface area contributed by atoms with Gasteiger partial charge in [0.15, 0.2) is 0 Å². The van der Waals surface area contributed by atoms with Crippen molar-refractivity contribution in [3.8, 4) is 0 Å². The summed E-state index contributed by atoms with van der Waals surface area (Å²) < 4.78 is 21.2. The zero-order valence-electron chi connectivity index (χ0n) is 5.12. The van der Waals surface area contributed by atoms with Gasteiger partial charge in [-0.25, -0.2) is 13.4 Å². The summed E-state index contributed by atoms with van der Waals surface area (Å²) in [5.41, 5.74) is 0. The minimum Gasteiger partial charge on any atom is -0.248 e. The highest BCUT2D eigenvalue weighted by molar-refractivity contribution is 8.25. The average molecular weight is 180 g/mol. The van der Waals surface area contributed by atoms with Crippen LogP contribution in [0.25, 0.3) is 0 Å². The van der Waals surface area contributed by atoms with Crippen LogP contribution in [0, 0.1) is 0 Å². The Bertz CT molecular complexity index is 278. The average Bonchev–Trinajstić information content (AvgIpc) is 1.88. The summed E-state index contributed by atoms with van der Waals surface area (Å²) >= 11 is 0. The lowest BCUT2D eigenvalue weighted by Gasteiger charge is -2.01. The third-order valence-corrected chi connectivity index (χ3v) is 2.54. The van der Waals surface area contributed by atoms with Crippen molar-refractivity contribution in [3.63, 3.8) is 0 Å². The highest BCUT2D eigenvalue weighted by atomic mass is 35.7. The Morgan fingerprint density at radius 2 is 2.30 bits per heavy atom. The van der Waals surface area contributed by atoms with Crippen molar-refractivity contribution in [3.05, 3.63) is 12.3 Å². The molecule has 1 aliphatic rings. The van der Waals surface area contributed by atoms with Crippen LogP contribution in [0.4, 0.5) is 0 Å². The molecular formula is C5H6ClNO2S. The first-order valence-electron chi connectivity index (χ1n) is 2.77. The maximum atomic E-state index is 10.6. The summed E-state index contributed by atoms with van der Waals surface area (Å²) in [4.78, 5) is 3.62. The van der Waals surface area contributed by atoms with Gasteiger partial charge in [-0.3, -0.25) is 0 Å². The van der Waals surface area contributed by atoms with Gasteiger partial charge in [0, 0.05) is 23.3 Å². The van der Waals surface area contributed by atoms with Crippen LogP contribution in [0.15, 0.2) is 17.3 Å². The van der Waals surface area contributed by atoms with E-state index in [0.29, 0.717) is 12.8 Å². The van der Waals surface area contributed by atoms with E-state index in [4.69, 9.17) is 10.7 Å². The van der Waals surface area contributed by atoms with Gasteiger partial charge in [0.2, 0.25) is 0 Å². The van der Waals surface area contributed by atoms with Gasteiger partial charge >= 0.3 is 0 Å². The fraction of sp³-hybridized carbons (Fsp3) is 0.400. The van der Waals surface area contributed by atoms with Gasteiger partial charge in [-0.2, -0.15) is 0 Å². The second kappa shape index (κ2) is 2.72. The van der Waals surface area contributed by atoms with Crippen LogP contribution in [-0.4, -0.2) is 13.5 Å². The number of halogens is 1. The van der Waals surface area contributed by atoms with Crippen LogP contribution < -0.4 is 0 Å². The minimum atomic E-state index is -3.55. The number of hydrogen-bond donors (Lipinski definition) is 0. The summed E-state index contributed by atoms with van der Waals surface area (Å²) in [7, 11) is 1.46. The summed E-state index contributed by atoms with van der Waals surface area (Å²) in [6.45, 7) is 0. The number of nitrogens with zero attached hydrogens (tertiary/aromatic N) is 1. The summed E-state index contributed by atoms with van der Waals surface area (Å²) in [6, 6.07) is 0. The standard InChI is InChI=1S/C5H6ClNO2S/c6-10(8,9)5-3-1-2-4-7-5/h2,4H,1,3H2. The lowest BCUT2D eigenvalue weighted by atomic mass is 10.3. The number of allylic oxidation sites excluding steroid dienone is 1. The van der Waals surface area contributed by atoms with Crippen molar-refractivity contribution in [2.45, 2.75) is 12.8 Å². The zero-order chi connectivity index (χ0) is 7.61. The maximum absolute atomic E-state index is 10.6. The van der Waals surface area contributed by atoms with Crippen LogP contribution in [0.2, 0.25) is 0 Å². The molecule has 10 heavy (non-hydrogen) atoms. The summed E-state index contributed by atoms with van der Waals surface area (Å²) in [5.74, 6) is 0. The Hall–Kier alpha value is -0.350. The molecule has 0 saturated heterocycles. The van der Waals surface area contributed by atoms with Crippen molar-refractivity contribution >= 4 is 24.8 Å². The third-order valence-electron chi connectivity index (χ3n) is 1.13. The molecule has 1 heterocycles. The molecule has 0 radical (unpaired) electrons. The molecule has 0 fully saturated rings. The summed E-state index contributed by atoms with van der Waals surface area (Å²) in [5, 5.41) is 0.0664. The molecule has 5 heteroatoms. The van der Waals surface area contributed by atoms with Gasteiger partial charge in [0.1, 0.15) is 5.04 Å². The number of hydrogen-bond acceptors (Lipinski definition) is 3. The molecule has 0 aromatic heterocycles. The van der Waals surface area contributed by atoms with Gasteiger partial charge in [0.05, 0.1) is 0 Å². The van der Waals surface area contributed by atoms with Crippen molar-refractivity contribution in [2.24, 2.45) is 4.99 Å². The summed E-state index contributed by atoms with van der Waals surface area (Å²) in [6.07, 6.45) is 4.37. The topological polar surface area (TPSA) is 46.5 Å². The monoisotopic (exact) mass is 179 g/mol. The molecule has 56 valence electrons. The Morgan fingerprint density at radius 3 is 2.60 bits per heavy atom. The van der Waals surface area contributed by atoms with E-state index in [1.54, 1.807) is 6.08 Å². The van der Waals surface area contributed by atoms with Crippen molar-refractivity contribution in [1.82, 2.24) is 0 Å². The Morgan fingerprint density at radius 1 is 1.60 bits per heavy atom. The molecule has 0 aromatic carbocycles. The van der Waals surface area contributed by atoms with Crippen LogP contribution >= 0.6 is 10.7 Å². The minimum absolute atomic E-state index is 0.0664. The van der Waals surface area contributed by atoms with Gasteiger partial charge < -0.3 is 0 Å². The van der Waals surface area contributed by atoms with Gasteiger partial charge in [0.25, 0.3) is 9.05 Å². The molecule has 0 saturated carbocycles. The third kappa shape index (κ3) is 1.82. The molecule has 0 spiro atoms. The van der Waals surface area contributed by atoms with Gasteiger partial charge in [-0.05, 0) is 6.42 Å². The molecule has 0 bridgehead atoms. The molecule has 0 aliphatic carbocycles. The highest BCUT2D eigenvalue weighted by Gasteiger charge is 2.15. The van der Waals surface area contributed by atoms with E-state index in [-0.39, 0.29) is 5.04 Å². The predicted molar refractivity (Wildman–Crippen MR) is 40.6 cm³/mol. The Balaban J connectivity index is 2.93. The van der Waals surface area contributed by atoms with E-state index in [1.165, 1.54) is 6.20 Å². The molecular weight excluding hydrogens is 174 g/mol. The first kappa shape index (κ1) is 7.75. The molecule has 1 rings (SSSR count). The molecule has 0 aromatic rings. The van der Waals surface area contributed by atoms with Crippen LogP contribution in [0.5, 0.6) is 0 Å². The Labute approximate surface area is 63.8 Å². The van der Waals surface area contributed by atoms with Gasteiger partial charge in [-0.1, -0.05) is 6.08 Å². The normalized spacial score (nSPS) is 18.7. The van der Waals surface area contributed by atoms with E-state index in [0.717, 1.165) is 0 Å². The first-order valence-corrected chi connectivity index (χ1v) is 5.08. The number of rotatable bonds is 0. The van der Waals surface area contributed by atoms with Crippen LogP contribution in [0.1, 0.15) is 12.8 Å². The van der Waals surface area contributed by atoms with E-state index in [1.807, 2.05) is 0 Å². The first-order chi connectivity index (χ1) is 4.61. The maximum Gasteiger partial charge on any atom is 0.274 e.